The third kappa shape index (κ3) is 1.26. The van der Waals surface area contributed by atoms with Crippen molar-refractivity contribution in [1.29, 1.82) is 0 Å². The van der Waals surface area contributed by atoms with E-state index in [0.717, 1.165) is 32.1 Å². The molecule has 118 valence electrons. The first-order chi connectivity index (χ1) is 10.4. The highest BCUT2D eigenvalue weighted by molar-refractivity contribution is 5.98. The van der Waals surface area contributed by atoms with Crippen LogP contribution in [-0.2, 0) is 14.3 Å². The smallest absolute Gasteiger partial charge is 0.187 e. The summed E-state index contributed by atoms with van der Waals surface area (Å²) in [5.74, 6) is 1.31. The summed E-state index contributed by atoms with van der Waals surface area (Å²) < 4.78 is 5.76. The molecule has 7 atom stereocenters. The van der Waals surface area contributed by atoms with E-state index in [2.05, 4.69) is 6.92 Å². The molecule has 5 aliphatic rings. The van der Waals surface area contributed by atoms with Gasteiger partial charge in [-0.25, -0.2) is 0 Å². The summed E-state index contributed by atoms with van der Waals surface area (Å²) in [5, 5.41) is 11.4. The van der Waals surface area contributed by atoms with Crippen LogP contribution in [0.2, 0.25) is 0 Å². The second-order valence-corrected chi connectivity index (χ2v) is 8.28. The summed E-state index contributed by atoms with van der Waals surface area (Å²) in [5.41, 5.74) is -1.85. The largest absolute Gasteiger partial charge is 0.382 e. The molecule has 1 spiro atoms. The van der Waals surface area contributed by atoms with Gasteiger partial charge in [0.2, 0.25) is 0 Å². The molecule has 4 nitrogen and oxygen atoms in total. The first-order valence-corrected chi connectivity index (χ1v) is 8.59. The lowest BCUT2D eigenvalue weighted by Crippen LogP contribution is -2.62. The molecule has 0 aromatic heterocycles. The number of hydrogen-bond donors (Lipinski definition) is 1. The second-order valence-electron chi connectivity index (χ2n) is 8.28. The monoisotopic (exact) mass is 302 g/mol. The molecule has 0 amide bonds. The Kier molecular flexibility index (Phi) is 2.28. The van der Waals surface area contributed by atoms with Gasteiger partial charge in [0.15, 0.2) is 11.9 Å². The Hall–Kier alpha value is -1.00. The van der Waals surface area contributed by atoms with Gasteiger partial charge in [-0.05, 0) is 62.0 Å². The van der Waals surface area contributed by atoms with Gasteiger partial charge in [0.05, 0.1) is 0 Å². The number of carbonyl (C=O) groups excluding carboxylic acids is 2. The minimum absolute atomic E-state index is 0.000170. The fourth-order valence-electron chi connectivity index (χ4n) is 6.42. The normalized spacial score (nSPS) is 58.6. The molecule has 4 heteroatoms. The molecule has 0 radical (unpaired) electrons. The first kappa shape index (κ1) is 13.4. The zero-order chi connectivity index (χ0) is 15.3. The van der Waals surface area contributed by atoms with Crippen LogP contribution < -0.4 is 0 Å². The lowest BCUT2D eigenvalue weighted by molar-refractivity contribution is -0.150. The minimum atomic E-state index is -1.01. The van der Waals surface area contributed by atoms with Crippen molar-refractivity contribution in [3.8, 4) is 0 Å². The fraction of sp³-hybridized carbons (Fsp3) is 0.778. The number of Topliss-reactive ketones (excluding diaryl/α,β-unsaturated/α-hetero) is 1. The standard InChI is InChI=1S/C18H22O4/c1-16-7-5-12-10(11(16)2-3-14(16)20)4-9-18-15(22-18)13(19)6-8-17(12,18)21/h6,8,10-12,15,21H,2-5,7,9H2,1H3/t10-,11-,12+,15-,16-,17-,18-/m0/s1. The van der Waals surface area contributed by atoms with Gasteiger partial charge in [-0.1, -0.05) is 6.92 Å². The number of hydrogen-bond acceptors (Lipinski definition) is 4. The molecule has 1 heterocycles. The minimum Gasteiger partial charge on any atom is -0.382 e. The van der Waals surface area contributed by atoms with Crippen molar-refractivity contribution in [3.05, 3.63) is 12.2 Å². The molecule has 1 saturated heterocycles. The molecular weight excluding hydrogens is 280 g/mol. The Labute approximate surface area is 129 Å². The van der Waals surface area contributed by atoms with Gasteiger partial charge in [0.25, 0.3) is 0 Å². The average Bonchev–Trinajstić information content (AvgIpc) is 3.17. The summed E-state index contributed by atoms with van der Waals surface area (Å²) in [4.78, 5) is 24.2. The van der Waals surface area contributed by atoms with Crippen LogP contribution in [0.15, 0.2) is 12.2 Å². The highest BCUT2D eigenvalue weighted by Gasteiger charge is 2.77. The van der Waals surface area contributed by atoms with E-state index in [1.807, 2.05) is 0 Å². The molecule has 4 fully saturated rings. The predicted octanol–water partition coefficient (Wildman–Crippen LogP) is 1.80. The van der Waals surface area contributed by atoms with Crippen LogP contribution >= 0.6 is 0 Å². The molecule has 22 heavy (non-hydrogen) atoms. The molecule has 3 saturated carbocycles. The Balaban J connectivity index is 1.56. The lowest BCUT2D eigenvalue weighted by Gasteiger charge is -2.55. The highest BCUT2D eigenvalue weighted by Crippen LogP contribution is 2.67. The zero-order valence-corrected chi connectivity index (χ0v) is 12.9. The van der Waals surface area contributed by atoms with Crippen molar-refractivity contribution in [3.63, 3.8) is 0 Å². The molecule has 1 N–H and O–H groups in total. The van der Waals surface area contributed by atoms with E-state index in [0.29, 0.717) is 24.0 Å². The quantitative estimate of drug-likeness (QED) is 0.693. The van der Waals surface area contributed by atoms with Gasteiger partial charge in [0.1, 0.15) is 17.0 Å². The van der Waals surface area contributed by atoms with Gasteiger partial charge in [-0.2, -0.15) is 0 Å². The van der Waals surface area contributed by atoms with E-state index in [1.165, 1.54) is 6.08 Å². The molecular formula is C18H22O4. The Morgan fingerprint density at radius 1 is 1.18 bits per heavy atom. The summed E-state index contributed by atoms with van der Waals surface area (Å²) in [6.07, 6.45) is 7.90. The van der Waals surface area contributed by atoms with Crippen molar-refractivity contribution < 1.29 is 19.4 Å². The summed E-state index contributed by atoms with van der Waals surface area (Å²) in [6, 6.07) is 0. The third-order valence-electron chi connectivity index (χ3n) is 7.69. The van der Waals surface area contributed by atoms with E-state index in [4.69, 9.17) is 4.74 Å². The van der Waals surface area contributed by atoms with Gasteiger partial charge < -0.3 is 9.84 Å². The van der Waals surface area contributed by atoms with Crippen molar-refractivity contribution in [2.45, 2.75) is 62.8 Å². The maximum absolute atomic E-state index is 12.3. The van der Waals surface area contributed by atoms with E-state index < -0.39 is 17.3 Å². The number of fused-ring (bicyclic) bond motifs is 4. The SMILES string of the molecule is C[C@]12CC[C@@H]3[C@@H](CC[C@]45O[C@H]4C(=O)C=C[C@]35O)[C@@H]1CCC2=O. The van der Waals surface area contributed by atoms with Gasteiger partial charge in [-0.3, -0.25) is 9.59 Å². The molecule has 0 aromatic rings. The molecule has 0 aromatic carbocycles. The number of epoxide rings is 1. The first-order valence-electron chi connectivity index (χ1n) is 8.59. The van der Waals surface area contributed by atoms with Crippen LogP contribution in [0.1, 0.15) is 45.4 Å². The van der Waals surface area contributed by atoms with Crippen LogP contribution in [0.5, 0.6) is 0 Å². The Morgan fingerprint density at radius 3 is 2.82 bits per heavy atom. The third-order valence-corrected chi connectivity index (χ3v) is 7.69. The van der Waals surface area contributed by atoms with E-state index in [-0.39, 0.29) is 17.1 Å². The van der Waals surface area contributed by atoms with Crippen molar-refractivity contribution in [1.82, 2.24) is 0 Å². The van der Waals surface area contributed by atoms with Crippen LogP contribution in [0.3, 0.4) is 0 Å². The molecule has 4 aliphatic carbocycles. The highest BCUT2D eigenvalue weighted by atomic mass is 16.6. The summed E-state index contributed by atoms with van der Waals surface area (Å²) in [6.45, 7) is 2.13. The predicted molar refractivity (Wildman–Crippen MR) is 78.0 cm³/mol. The summed E-state index contributed by atoms with van der Waals surface area (Å²) in [7, 11) is 0. The van der Waals surface area contributed by atoms with Crippen LogP contribution in [0.4, 0.5) is 0 Å². The molecule has 0 unspecified atom stereocenters. The lowest BCUT2D eigenvalue weighted by atomic mass is 9.49. The molecule has 5 rings (SSSR count). The Morgan fingerprint density at radius 2 is 2.00 bits per heavy atom. The van der Waals surface area contributed by atoms with Crippen LogP contribution in [0.25, 0.3) is 0 Å². The second kappa shape index (κ2) is 3.73. The van der Waals surface area contributed by atoms with Gasteiger partial charge >= 0.3 is 0 Å². The average molecular weight is 302 g/mol. The van der Waals surface area contributed by atoms with Crippen LogP contribution in [0, 0.1) is 23.2 Å². The molecule has 0 bridgehead atoms. The van der Waals surface area contributed by atoms with E-state index >= 15 is 0 Å². The zero-order valence-electron chi connectivity index (χ0n) is 12.9. The van der Waals surface area contributed by atoms with E-state index in [1.54, 1.807) is 6.08 Å². The maximum atomic E-state index is 12.3. The number of carbonyl (C=O) groups is 2. The molecule has 1 aliphatic heterocycles. The van der Waals surface area contributed by atoms with E-state index in [9.17, 15) is 14.7 Å². The van der Waals surface area contributed by atoms with Gasteiger partial charge in [-0.15, -0.1) is 0 Å². The summed E-state index contributed by atoms with van der Waals surface area (Å²) >= 11 is 0. The number of aliphatic hydroxyl groups is 1. The number of rotatable bonds is 0. The van der Waals surface area contributed by atoms with Crippen molar-refractivity contribution in [2.75, 3.05) is 0 Å². The van der Waals surface area contributed by atoms with Crippen molar-refractivity contribution in [2.24, 2.45) is 23.2 Å². The number of ketones is 2. The number of ether oxygens (including phenoxy) is 1. The maximum Gasteiger partial charge on any atom is 0.187 e. The van der Waals surface area contributed by atoms with Crippen molar-refractivity contribution >= 4 is 11.6 Å². The van der Waals surface area contributed by atoms with Crippen LogP contribution in [-0.4, -0.2) is 34.0 Å². The van der Waals surface area contributed by atoms with Gasteiger partial charge in [0, 0.05) is 11.8 Å². The fourth-order valence-corrected chi connectivity index (χ4v) is 6.42. The Bertz CT molecular complexity index is 625. The topological polar surface area (TPSA) is 66.9 Å².